The minimum atomic E-state index is -0.514. The molecule has 0 fully saturated rings. The molecule has 3 rings (SSSR count). The van der Waals surface area contributed by atoms with Crippen molar-refractivity contribution in [1.82, 2.24) is 10.7 Å². The Morgan fingerprint density at radius 1 is 1.03 bits per heavy atom. The zero-order valence-corrected chi connectivity index (χ0v) is 18.7. The Labute approximate surface area is 194 Å². The topological polar surface area (TPSA) is 102 Å². The molecular weight excluding hydrogens is 457 g/mol. The van der Waals surface area contributed by atoms with E-state index in [1.165, 1.54) is 26.5 Å². The highest BCUT2D eigenvalue weighted by Crippen LogP contribution is 2.31. The van der Waals surface area contributed by atoms with E-state index in [-0.39, 0.29) is 6.54 Å². The quantitative estimate of drug-likeness (QED) is 0.376. The van der Waals surface area contributed by atoms with Crippen molar-refractivity contribution in [3.8, 4) is 22.8 Å². The summed E-state index contributed by atoms with van der Waals surface area (Å²) in [6.07, 6.45) is 1.33. The molecule has 0 unspecified atom stereocenters. The first-order chi connectivity index (χ1) is 15.4. The maximum atomic E-state index is 12.2. The Balaban J connectivity index is 1.52. The number of methoxy groups -OCH3 is 2. The van der Waals surface area contributed by atoms with Gasteiger partial charge in [-0.1, -0.05) is 23.2 Å². The first-order valence-electron chi connectivity index (χ1n) is 9.28. The van der Waals surface area contributed by atoms with Crippen LogP contribution in [-0.4, -0.2) is 38.8 Å². The second-order valence-corrected chi connectivity index (χ2v) is 7.22. The maximum absolute atomic E-state index is 12.2. The lowest BCUT2D eigenvalue weighted by molar-refractivity contribution is -0.120. The van der Waals surface area contributed by atoms with Crippen LogP contribution in [0.25, 0.3) is 11.3 Å². The van der Waals surface area contributed by atoms with Crippen molar-refractivity contribution >= 4 is 41.2 Å². The van der Waals surface area contributed by atoms with E-state index >= 15 is 0 Å². The minimum Gasteiger partial charge on any atom is -0.493 e. The van der Waals surface area contributed by atoms with Gasteiger partial charge >= 0.3 is 0 Å². The number of hydrazone groups is 1. The summed E-state index contributed by atoms with van der Waals surface area (Å²) in [4.78, 5) is 24.2. The van der Waals surface area contributed by atoms with Crippen molar-refractivity contribution in [3.63, 3.8) is 0 Å². The standard InChI is InChI=1S/C22H19Cl2N3O5/c1-30-19-7-3-13(9-20(19)31-2)22(29)25-12-21(28)27-26-11-15-5-8-18(32-15)16-10-14(23)4-6-17(16)24/h3-11H,12H2,1-2H3,(H,25,29)(H,27,28). The third-order valence-electron chi connectivity index (χ3n) is 4.26. The highest BCUT2D eigenvalue weighted by Gasteiger charge is 2.12. The molecule has 2 N–H and O–H groups in total. The van der Waals surface area contributed by atoms with Crippen LogP contribution in [0.2, 0.25) is 10.0 Å². The predicted molar refractivity (Wildman–Crippen MR) is 122 cm³/mol. The van der Waals surface area contributed by atoms with Gasteiger partial charge in [0.2, 0.25) is 0 Å². The van der Waals surface area contributed by atoms with Gasteiger partial charge in [-0.25, -0.2) is 5.43 Å². The Bertz CT molecular complexity index is 1160. The third-order valence-corrected chi connectivity index (χ3v) is 4.82. The lowest BCUT2D eigenvalue weighted by Gasteiger charge is -2.09. The summed E-state index contributed by atoms with van der Waals surface area (Å²) in [6, 6.07) is 13.1. The summed E-state index contributed by atoms with van der Waals surface area (Å²) in [5.41, 5.74) is 3.27. The lowest BCUT2D eigenvalue weighted by Crippen LogP contribution is -2.34. The van der Waals surface area contributed by atoms with E-state index in [0.717, 1.165) is 0 Å². The summed E-state index contributed by atoms with van der Waals surface area (Å²) >= 11 is 12.2. The molecule has 0 radical (unpaired) electrons. The van der Waals surface area contributed by atoms with E-state index in [9.17, 15) is 9.59 Å². The number of nitrogens with one attached hydrogen (secondary N) is 2. The highest BCUT2D eigenvalue weighted by atomic mass is 35.5. The van der Waals surface area contributed by atoms with Crippen LogP contribution in [0.5, 0.6) is 11.5 Å². The number of amides is 2. The number of hydrogen-bond donors (Lipinski definition) is 2. The molecule has 10 heteroatoms. The number of ether oxygens (including phenoxy) is 2. The van der Waals surface area contributed by atoms with Crippen molar-refractivity contribution in [1.29, 1.82) is 0 Å². The van der Waals surface area contributed by atoms with Gasteiger partial charge in [-0.15, -0.1) is 0 Å². The molecule has 2 aromatic carbocycles. The van der Waals surface area contributed by atoms with Crippen molar-refractivity contribution in [2.24, 2.45) is 5.10 Å². The molecule has 1 aromatic heterocycles. The van der Waals surface area contributed by atoms with Crippen LogP contribution in [0.1, 0.15) is 16.1 Å². The van der Waals surface area contributed by atoms with E-state index in [0.29, 0.717) is 44.2 Å². The van der Waals surface area contributed by atoms with Crippen LogP contribution in [0.15, 0.2) is 58.0 Å². The second kappa shape index (κ2) is 10.7. The van der Waals surface area contributed by atoms with Gasteiger partial charge in [0, 0.05) is 16.1 Å². The summed E-state index contributed by atoms with van der Waals surface area (Å²) in [6.45, 7) is -0.272. The fraction of sp³-hybridized carbons (Fsp3) is 0.136. The minimum absolute atomic E-state index is 0.272. The SMILES string of the molecule is COc1ccc(C(=O)NCC(=O)NN=Cc2ccc(-c3cc(Cl)ccc3Cl)o2)cc1OC. The second-order valence-electron chi connectivity index (χ2n) is 6.37. The first kappa shape index (κ1) is 23.2. The summed E-state index contributed by atoms with van der Waals surface area (Å²) in [5.74, 6) is 0.845. The number of nitrogens with zero attached hydrogens (tertiary/aromatic N) is 1. The van der Waals surface area contributed by atoms with Crippen molar-refractivity contribution in [3.05, 3.63) is 69.9 Å². The zero-order chi connectivity index (χ0) is 23.1. The van der Waals surface area contributed by atoms with E-state index in [1.54, 1.807) is 42.5 Å². The van der Waals surface area contributed by atoms with Crippen molar-refractivity contribution in [2.45, 2.75) is 0 Å². The number of hydrogen-bond acceptors (Lipinski definition) is 6. The zero-order valence-electron chi connectivity index (χ0n) is 17.1. The number of furan rings is 1. The van der Waals surface area contributed by atoms with E-state index in [1.807, 2.05) is 0 Å². The number of carbonyl (C=O) groups is 2. The molecule has 3 aromatic rings. The molecule has 0 bridgehead atoms. The van der Waals surface area contributed by atoms with Crippen LogP contribution in [0, 0.1) is 0 Å². The molecule has 0 aliphatic rings. The molecule has 32 heavy (non-hydrogen) atoms. The molecule has 0 aliphatic carbocycles. The largest absolute Gasteiger partial charge is 0.493 e. The molecule has 0 spiro atoms. The smallest absolute Gasteiger partial charge is 0.259 e. The number of benzene rings is 2. The molecule has 166 valence electrons. The molecule has 0 saturated heterocycles. The van der Waals surface area contributed by atoms with Crippen molar-refractivity contribution < 1.29 is 23.5 Å². The predicted octanol–water partition coefficient (Wildman–Crippen LogP) is 4.15. The monoisotopic (exact) mass is 475 g/mol. The molecule has 2 amide bonds. The fourth-order valence-electron chi connectivity index (χ4n) is 2.70. The molecular formula is C22H19Cl2N3O5. The van der Waals surface area contributed by atoms with Crippen LogP contribution in [0.4, 0.5) is 0 Å². The Morgan fingerprint density at radius 3 is 2.56 bits per heavy atom. The molecule has 0 saturated carbocycles. The lowest BCUT2D eigenvalue weighted by atomic mass is 10.2. The van der Waals surface area contributed by atoms with Gasteiger partial charge in [0.15, 0.2) is 11.5 Å². The van der Waals surface area contributed by atoms with Gasteiger partial charge in [0.25, 0.3) is 11.8 Å². The summed E-state index contributed by atoms with van der Waals surface area (Å²) in [5, 5.41) is 7.34. The molecule has 0 atom stereocenters. The Kier molecular flexibility index (Phi) is 7.75. The van der Waals surface area contributed by atoms with Crippen LogP contribution >= 0.6 is 23.2 Å². The average molecular weight is 476 g/mol. The molecule has 1 heterocycles. The number of halogens is 2. The van der Waals surface area contributed by atoms with Gasteiger partial charge in [0.1, 0.15) is 11.5 Å². The van der Waals surface area contributed by atoms with Gasteiger partial charge in [-0.3, -0.25) is 9.59 Å². The summed E-state index contributed by atoms with van der Waals surface area (Å²) in [7, 11) is 2.97. The third kappa shape index (κ3) is 5.81. The normalized spacial score (nSPS) is 10.8. The van der Waals surface area contributed by atoms with Gasteiger partial charge in [-0.2, -0.15) is 5.10 Å². The molecule has 8 nitrogen and oxygen atoms in total. The van der Waals surface area contributed by atoms with E-state index in [2.05, 4.69) is 15.8 Å². The van der Waals surface area contributed by atoms with Gasteiger partial charge < -0.3 is 19.2 Å². The van der Waals surface area contributed by atoms with Gasteiger partial charge in [-0.05, 0) is 48.5 Å². The molecule has 0 aliphatic heterocycles. The Morgan fingerprint density at radius 2 is 1.81 bits per heavy atom. The van der Waals surface area contributed by atoms with Crippen LogP contribution < -0.4 is 20.2 Å². The highest BCUT2D eigenvalue weighted by molar-refractivity contribution is 6.35. The number of carbonyl (C=O) groups excluding carboxylic acids is 2. The van der Waals surface area contributed by atoms with Crippen LogP contribution in [0.3, 0.4) is 0 Å². The fourth-order valence-corrected chi connectivity index (χ4v) is 3.08. The van der Waals surface area contributed by atoms with Crippen LogP contribution in [-0.2, 0) is 4.79 Å². The summed E-state index contributed by atoms with van der Waals surface area (Å²) < 4.78 is 15.9. The average Bonchev–Trinajstić information content (AvgIpc) is 3.27. The van der Waals surface area contributed by atoms with E-state index in [4.69, 9.17) is 37.1 Å². The van der Waals surface area contributed by atoms with Gasteiger partial charge in [0.05, 0.1) is 32.0 Å². The van der Waals surface area contributed by atoms with Crippen molar-refractivity contribution in [2.75, 3.05) is 20.8 Å². The van der Waals surface area contributed by atoms with E-state index < -0.39 is 11.8 Å². The first-order valence-corrected chi connectivity index (χ1v) is 10.0. The maximum Gasteiger partial charge on any atom is 0.259 e. The Hall–Kier alpha value is -3.49. The number of rotatable bonds is 8.